The Morgan fingerprint density at radius 1 is 1.06 bits per heavy atom. The molecule has 2 aromatic carbocycles. The van der Waals surface area contributed by atoms with E-state index in [1.165, 1.54) is 13.2 Å². The van der Waals surface area contributed by atoms with Gasteiger partial charge in [0.1, 0.15) is 22.9 Å². The number of halogens is 1. The maximum Gasteiger partial charge on any atom is 0.263 e. The highest BCUT2D eigenvalue weighted by molar-refractivity contribution is 5.86. The fraction of sp³-hybridized carbons (Fsp3) is 0.292. The molecule has 1 fully saturated rings. The van der Waals surface area contributed by atoms with Crippen LogP contribution in [-0.2, 0) is 11.8 Å². The molecule has 0 bridgehead atoms. The van der Waals surface area contributed by atoms with Crippen molar-refractivity contribution in [2.45, 2.75) is 0 Å². The minimum Gasteiger partial charge on any atom is -0.497 e. The summed E-state index contributed by atoms with van der Waals surface area (Å²) < 4.78 is 38.2. The van der Waals surface area contributed by atoms with Crippen molar-refractivity contribution in [1.82, 2.24) is 14.7 Å². The number of nitrogens with zero attached hydrogens (tertiary/aromatic N) is 4. The molecule has 1 aliphatic heterocycles. The van der Waals surface area contributed by atoms with Crippen LogP contribution in [0, 0.1) is 5.82 Å². The zero-order valence-corrected chi connectivity index (χ0v) is 19.0. The highest BCUT2D eigenvalue weighted by Gasteiger charge is 2.22. The van der Waals surface area contributed by atoms with Crippen LogP contribution in [0.25, 0.3) is 33.7 Å². The van der Waals surface area contributed by atoms with E-state index < -0.39 is 11.2 Å². The largest absolute Gasteiger partial charge is 0.497 e. The summed E-state index contributed by atoms with van der Waals surface area (Å²) in [6.07, 6.45) is 1.62. The number of aromatic nitrogens is 3. The van der Waals surface area contributed by atoms with Crippen LogP contribution >= 0.6 is 0 Å². The smallest absolute Gasteiger partial charge is 0.263 e. The number of methoxy groups -OCH3 is 2. The second-order valence-electron chi connectivity index (χ2n) is 7.89. The SMILES string of the molecule is COc1ccc(-c2noc(-c3cn(C)c4cc(N5CCOCC5)c(F)cc4c3=O)n2)c(OC)c1. The van der Waals surface area contributed by atoms with Gasteiger partial charge in [-0.3, -0.25) is 4.79 Å². The monoisotopic (exact) mass is 466 g/mol. The van der Waals surface area contributed by atoms with Gasteiger partial charge in [0, 0.05) is 37.8 Å². The van der Waals surface area contributed by atoms with Gasteiger partial charge in [0.15, 0.2) is 0 Å². The summed E-state index contributed by atoms with van der Waals surface area (Å²) in [5.41, 5.74) is 1.42. The predicted octanol–water partition coefficient (Wildman–Crippen LogP) is 3.25. The van der Waals surface area contributed by atoms with E-state index in [9.17, 15) is 4.79 Å². The van der Waals surface area contributed by atoms with Gasteiger partial charge in [-0.05, 0) is 24.3 Å². The van der Waals surface area contributed by atoms with Crippen LogP contribution in [0.5, 0.6) is 11.5 Å². The maximum absolute atomic E-state index is 15.0. The molecule has 1 aliphatic rings. The Kier molecular flexibility index (Phi) is 5.66. The normalized spacial score (nSPS) is 13.9. The number of aryl methyl sites for hydroxylation is 1. The molecule has 0 spiro atoms. The number of rotatable bonds is 5. The van der Waals surface area contributed by atoms with Gasteiger partial charge in [-0.15, -0.1) is 0 Å². The lowest BCUT2D eigenvalue weighted by Crippen LogP contribution is -2.36. The zero-order chi connectivity index (χ0) is 23.8. The van der Waals surface area contributed by atoms with Crippen LogP contribution in [-0.4, -0.2) is 55.2 Å². The van der Waals surface area contributed by atoms with Crippen LogP contribution < -0.4 is 19.8 Å². The fourth-order valence-electron chi connectivity index (χ4n) is 4.12. The van der Waals surface area contributed by atoms with E-state index in [-0.39, 0.29) is 22.7 Å². The molecule has 10 heteroatoms. The first-order valence-electron chi connectivity index (χ1n) is 10.7. The Bertz CT molecular complexity index is 1430. The molecular formula is C24H23FN4O5. The zero-order valence-electron chi connectivity index (χ0n) is 19.0. The van der Waals surface area contributed by atoms with Gasteiger partial charge in [-0.2, -0.15) is 4.98 Å². The molecule has 0 atom stereocenters. The number of anilines is 1. The minimum atomic E-state index is -0.460. The van der Waals surface area contributed by atoms with E-state index in [1.54, 1.807) is 49.2 Å². The summed E-state index contributed by atoms with van der Waals surface area (Å²) in [5, 5.41) is 4.26. The third-order valence-electron chi connectivity index (χ3n) is 5.91. The van der Waals surface area contributed by atoms with Crippen molar-refractivity contribution in [3.63, 3.8) is 0 Å². The predicted molar refractivity (Wildman–Crippen MR) is 124 cm³/mol. The summed E-state index contributed by atoms with van der Waals surface area (Å²) in [6, 6.07) is 8.17. The highest BCUT2D eigenvalue weighted by Crippen LogP contribution is 2.33. The molecule has 0 amide bonds. The Morgan fingerprint density at radius 2 is 1.85 bits per heavy atom. The number of morpholine rings is 1. The van der Waals surface area contributed by atoms with Gasteiger partial charge >= 0.3 is 0 Å². The Labute approximate surface area is 194 Å². The molecule has 1 saturated heterocycles. The van der Waals surface area contributed by atoms with Crippen molar-refractivity contribution >= 4 is 16.6 Å². The second-order valence-corrected chi connectivity index (χ2v) is 7.89. The fourth-order valence-corrected chi connectivity index (χ4v) is 4.12. The Morgan fingerprint density at radius 3 is 2.59 bits per heavy atom. The highest BCUT2D eigenvalue weighted by atomic mass is 19.1. The molecule has 0 aliphatic carbocycles. The van der Waals surface area contributed by atoms with Crippen molar-refractivity contribution in [1.29, 1.82) is 0 Å². The minimum absolute atomic E-state index is 0.0352. The Hall–Kier alpha value is -3.92. The van der Waals surface area contributed by atoms with Gasteiger partial charge in [-0.25, -0.2) is 4.39 Å². The third-order valence-corrected chi connectivity index (χ3v) is 5.91. The van der Waals surface area contributed by atoms with Crippen LogP contribution in [0.1, 0.15) is 0 Å². The molecule has 3 heterocycles. The van der Waals surface area contributed by atoms with E-state index >= 15 is 4.39 Å². The van der Waals surface area contributed by atoms with E-state index in [0.29, 0.717) is 54.6 Å². The lowest BCUT2D eigenvalue weighted by atomic mass is 10.1. The second kappa shape index (κ2) is 8.79. The van der Waals surface area contributed by atoms with Crippen molar-refractivity contribution < 1.29 is 23.1 Å². The summed E-state index contributed by atoms with van der Waals surface area (Å²) in [5.74, 6) is 0.943. The first kappa shape index (κ1) is 21.9. The average Bonchev–Trinajstić information content (AvgIpc) is 3.35. The molecule has 0 unspecified atom stereocenters. The molecule has 176 valence electrons. The standard InChI is InChI=1S/C24H23FN4O5/c1-28-13-17(24-26-23(27-34-24)15-5-4-14(31-2)10-21(15)32-3)22(30)16-11-18(25)20(12-19(16)28)29-6-8-33-9-7-29/h4-5,10-13H,6-9H2,1-3H3. The molecule has 2 aromatic heterocycles. The van der Waals surface area contributed by atoms with Crippen LogP contribution in [0.4, 0.5) is 10.1 Å². The number of benzene rings is 2. The molecule has 0 N–H and O–H groups in total. The summed E-state index contributed by atoms with van der Waals surface area (Å²) >= 11 is 0. The molecule has 5 rings (SSSR count). The number of ether oxygens (including phenoxy) is 3. The number of hydrogen-bond acceptors (Lipinski definition) is 8. The molecule has 34 heavy (non-hydrogen) atoms. The van der Waals surface area contributed by atoms with Crippen LogP contribution in [0.2, 0.25) is 0 Å². The molecular weight excluding hydrogens is 443 g/mol. The van der Waals surface area contributed by atoms with E-state index in [0.717, 1.165) is 0 Å². The topological polar surface area (TPSA) is 91.9 Å². The lowest BCUT2D eigenvalue weighted by Gasteiger charge is -2.29. The molecule has 9 nitrogen and oxygen atoms in total. The number of fused-ring (bicyclic) bond motifs is 1. The van der Waals surface area contributed by atoms with Crippen molar-refractivity contribution in [2.24, 2.45) is 7.05 Å². The van der Waals surface area contributed by atoms with Crippen molar-refractivity contribution in [3.8, 4) is 34.3 Å². The van der Waals surface area contributed by atoms with Crippen LogP contribution in [0.15, 0.2) is 45.8 Å². The third kappa shape index (κ3) is 3.75. The van der Waals surface area contributed by atoms with E-state index in [1.807, 2.05) is 4.90 Å². The van der Waals surface area contributed by atoms with Gasteiger partial charge in [-0.1, -0.05) is 5.16 Å². The van der Waals surface area contributed by atoms with Gasteiger partial charge in [0.2, 0.25) is 11.3 Å². The first-order valence-corrected chi connectivity index (χ1v) is 10.7. The quantitative estimate of drug-likeness (QED) is 0.443. The Balaban J connectivity index is 1.57. The summed E-state index contributed by atoms with van der Waals surface area (Å²) in [7, 11) is 4.87. The number of pyridine rings is 1. The van der Waals surface area contributed by atoms with Crippen molar-refractivity contribution in [3.05, 3.63) is 52.6 Å². The van der Waals surface area contributed by atoms with E-state index in [4.69, 9.17) is 18.7 Å². The summed E-state index contributed by atoms with van der Waals surface area (Å²) in [6.45, 7) is 2.25. The molecule has 4 aromatic rings. The molecule has 0 radical (unpaired) electrons. The first-order chi connectivity index (χ1) is 16.5. The van der Waals surface area contributed by atoms with Crippen LogP contribution in [0.3, 0.4) is 0 Å². The van der Waals surface area contributed by atoms with Crippen molar-refractivity contribution in [2.75, 3.05) is 45.4 Å². The number of hydrogen-bond donors (Lipinski definition) is 0. The maximum atomic E-state index is 15.0. The average molecular weight is 466 g/mol. The summed E-state index contributed by atoms with van der Waals surface area (Å²) in [4.78, 5) is 19.6. The van der Waals surface area contributed by atoms with Gasteiger partial charge in [0.25, 0.3) is 5.89 Å². The molecule has 0 saturated carbocycles. The van der Waals surface area contributed by atoms with Gasteiger partial charge in [0.05, 0.1) is 44.2 Å². The van der Waals surface area contributed by atoms with Gasteiger partial charge < -0.3 is 28.2 Å². The lowest BCUT2D eigenvalue weighted by molar-refractivity contribution is 0.122. The van der Waals surface area contributed by atoms with E-state index in [2.05, 4.69) is 10.1 Å².